The van der Waals surface area contributed by atoms with E-state index in [2.05, 4.69) is 10.6 Å². The summed E-state index contributed by atoms with van der Waals surface area (Å²) in [6.07, 6.45) is 0.980. The van der Waals surface area contributed by atoms with Gasteiger partial charge in [-0.3, -0.25) is 14.4 Å². The van der Waals surface area contributed by atoms with Crippen LogP contribution >= 0.6 is 0 Å². The Hall–Kier alpha value is -3.09. The molecule has 0 atom stereocenters. The number of nitrogens with one attached hydrogen (secondary N) is 2. The zero-order chi connectivity index (χ0) is 18.6. The van der Waals surface area contributed by atoms with E-state index < -0.39 is 11.9 Å². The molecule has 7 heteroatoms. The molecule has 1 heterocycles. The lowest BCUT2D eigenvalue weighted by Crippen LogP contribution is -2.18. The van der Waals surface area contributed by atoms with Crippen molar-refractivity contribution in [3.05, 3.63) is 47.4 Å². The third-order valence-electron chi connectivity index (χ3n) is 3.50. The molecule has 0 spiro atoms. The van der Waals surface area contributed by atoms with Gasteiger partial charge in [0.05, 0.1) is 11.8 Å². The van der Waals surface area contributed by atoms with Crippen LogP contribution in [0, 0.1) is 12.8 Å². The standard InChI is InChI=1S/C18H20N2O5/c1-10(2)17(23)19-12-5-4-6-13(7-12)20-18(24)16-11(3)9-25-14(16)8-15(21)22/h4-7,9-10H,8H2,1-3H3,(H,19,23)(H,20,24)(H,21,22). The lowest BCUT2D eigenvalue weighted by atomic mass is 10.1. The summed E-state index contributed by atoms with van der Waals surface area (Å²) in [6.45, 7) is 5.24. The maximum atomic E-state index is 12.5. The smallest absolute Gasteiger partial charge is 0.311 e. The second-order valence-corrected chi connectivity index (χ2v) is 5.97. The highest BCUT2D eigenvalue weighted by molar-refractivity contribution is 6.06. The predicted octanol–water partition coefficient (Wildman–Crippen LogP) is 3.06. The van der Waals surface area contributed by atoms with Gasteiger partial charge in [-0.25, -0.2) is 0 Å². The molecule has 132 valence electrons. The van der Waals surface area contributed by atoms with E-state index in [9.17, 15) is 14.4 Å². The van der Waals surface area contributed by atoms with Gasteiger partial charge in [-0.2, -0.15) is 0 Å². The number of furan rings is 1. The topological polar surface area (TPSA) is 109 Å². The van der Waals surface area contributed by atoms with Gasteiger partial charge in [0, 0.05) is 22.9 Å². The van der Waals surface area contributed by atoms with Crippen molar-refractivity contribution in [2.24, 2.45) is 5.92 Å². The monoisotopic (exact) mass is 344 g/mol. The van der Waals surface area contributed by atoms with Crippen molar-refractivity contribution in [1.82, 2.24) is 0 Å². The molecule has 2 amide bonds. The van der Waals surface area contributed by atoms with Gasteiger partial charge in [-0.05, 0) is 25.1 Å². The molecule has 0 radical (unpaired) electrons. The Morgan fingerprint density at radius 1 is 1.16 bits per heavy atom. The first-order valence-electron chi connectivity index (χ1n) is 7.79. The summed E-state index contributed by atoms with van der Waals surface area (Å²) in [4.78, 5) is 35.1. The number of benzene rings is 1. The molecule has 0 saturated heterocycles. The third kappa shape index (κ3) is 4.69. The molecule has 1 aromatic heterocycles. The van der Waals surface area contributed by atoms with E-state index in [1.807, 2.05) is 0 Å². The first kappa shape index (κ1) is 18.3. The number of carboxylic acid groups (broad SMARTS) is 1. The summed E-state index contributed by atoms with van der Waals surface area (Å²) in [5.74, 6) is -1.73. The number of carbonyl (C=O) groups excluding carboxylic acids is 2. The molecule has 2 rings (SSSR count). The molecule has 0 fully saturated rings. The number of carboxylic acids is 1. The van der Waals surface area contributed by atoms with E-state index in [1.54, 1.807) is 45.0 Å². The van der Waals surface area contributed by atoms with Crippen LogP contribution in [0.5, 0.6) is 0 Å². The minimum absolute atomic E-state index is 0.103. The minimum Gasteiger partial charge on any atom is -0.481 e. The average molecular weight is 344 g/mol. The Bertz CT molecular complexity index is 808. The minimum atomic E-state index is -1.08. The molecular weight excluding hydrogens is 324 g/mol. The van der Waals surface area contributed by atoms with Crippen LogP contribution in [0.1, 0.15) is 35.5 Å². The van der Waals surface area contributed by atoms with E-state index in [0.29, 0.717) is 16.9 Å². The molecule has 0 saturated carbocycles. The van der Waals surface area contributed by atoms with Crippen LogP contribution in [-0.4, -0.2) is 22.9 Å². The molecular formula is C18H20N2O5. The first-order chi connectivity index (χ1) is 11.8. The lowest BCUT2D eigenvalue weighted by Gasteiger charge is -2.10. The highest BCUT2D eigenvalue weighted by atomic mass is 16.4. The van der Waals surface area contributed by atoms with Gasteiger partial charge in [0.1, 0.15) is 12.2 Å². The SMILES string of the molecule is Cc1coc(CC(=O)O)c1C(=O)Nc1cccc(NC(=O)C(C)C)c1. The van der Waals surface area contributed by atoms with Crippen molar-refractivity contribution in [3.8, 4) is 0 Å². The number of hydrogen-bond acceptors (Lipinski definition) is 4. The number of hydrogen-bond donors (Lipinski definition) is 3. The highest BCUT2D eigenvalue weighted by Gasteiger charge is 2.20. The van der Waals surface area contributed by atoms with Crippen molar-refractivity contribution in [3.63, 3.8) is 0 Å². The number of aliphatic carboxylic acids is 1. The summed E-state index contributed by atoms with van der Waals surface area (Å²) in [5.41, 5.74) is 1.80. The van der Waals surface area contributed by atoms with Gasteiger partial charge in [-0.15, -0.1) is 0 Å². The summed E-state index contributed by atoms with van der Waals surface area (Å²) in [6, 6.07) is 6.72. The first-order valence-corrected chi connectivity index (χ1v) is 7.79. The third-order valence-corrected chi connectivity index (χ3v) is 3.50. The summed E-state index contributed by atoms with van der Waals surface area (Å²) in [5, 5.41) is 14.4. The van der Waals surface area contributed by atoms with Crippen LogP contribution in [0.2, 0.25) is 0 Å². The second kappa shape index (κ2) is 7.65. The van der Waals surface area contributed by atoms with Crippen LogP contribution in [0.3, 0.4) is 0 Å². The Morgan fingerprint density at radius 2 is 1.80 bits per heavy atom. The molecule has 1 aromatic carbocycles. The average Bonchev–Trinajstić information content (AvgIpc) is 2.87. The number of aryl methyl sites for hydroxylation is 1. The van der Waals surface area contributed by atoms with Gasteiger partial charge >= 0.3 is 5.97 Å². The van der Waals surface area contributed by atoms with Crippen molar-refractivity contribution >= 4 is 29.2 Å². The van der Waals surface area contributed by atoms with Crippen LogP contribution in [0.4, 0.5) is 11.4 Å². The highest BCUT2D eigenvalue weighted by Crippen LogP contribution is 2.21. The van der Waals surface area contributed by atoms with Crippen molar-refractivity contribution in [2.45, 2.75) is 27.2 Å². The Morgan fingerprint density at radius 3 is 2.40 bits per heavy atom. The molecule has 25 heavy (non-hydrogen) atoms. The largest absolute Gasteiger partial charge is 0.481 e. The summed E-state index contributed by atoms with van der Waals surface area (Å²) < 4.78 is 5.17. The van der Waals surface area contributed by atoms with E-state index in [-0.39, 0.29) is 29.6 Å². The van der Waals surface area contributed by atoms with E-state index in [4.69, 9.17) is 9.52 Å². The van der Waals surface area contributed by atoms with E-state index >= 15 is 0 Å². The number of rotatable bonds is 6. The van der Waals surface area contributed by atoms with Crippen LogP contribution in [-0.2, 0) is 16.0 Å². The zero-order valence-corrected chi connectivity index (χ0v) is 14.3. The molecule has 0 aliphatic rings. The molecule has 0 bridgehead atoms. The Labute approximate surface area is 145 Å². The number of carbonyl (C=O) groups is 3. The predicted molar refractivity (Wildman–Crippen MR) is 92.6 cm³/mol. The van der Waals surface area contributed by atoms with Crippen molar-refractivity contribution < 1.29 is 23.9 Å². The zero-order valence-electron chi connectivity index (χ0n) is 14.3. The quantitative estimate of drug-likeness (QED) is 0.746. The van der Waals surface area contributed by atoms with Gasteiger partial charge in [0.15, 0.2) is 0 Å². The summed E-state index contributed by atoms with van der Waals surface area (Å²) >= 11 is 0. The van der Waals surface area contributed by atoms with Crippen LogP contribution in [0.25, 0.3) is 0 Å². The molecule has 0 aliphatic heterocycles. The molecule has 0 aliphatic carbocycles. The van der Waals surface area contributed by atoms with Crippen LogP contribution in [0.15, 0.2) is 34.9 Å². The fourth-order valence-corrected chi connectivity index (χ4v) is 2.23. The maximum Gasteiger partial charge on any atom is 0.311 e. The number of anilines is 2. The molecule has 2 aromatic rings. The fourth-order valence-electron chi connectivity index (χ4n) is 2.23. The van der Waals surface area contributed by atoms with Crippen LogP contribution < -0.4 is 10.6 Å². The fraction of sp³-hybridized carbons (Fsp3) is 0.278. The molecule has 7 nitrogen and oxygen atoms in total. The van der Waals surface area contributed by atoms with Crippen molar-refractivity contribution in [2.75, 3.05) is 10.6 Å². The van der Waals surface area contributed by atoms with Gasteiger partial charge in [0.25, 0.3) is 5.91 Å². The van der Waals surface area contributed by atoms with E-state index in [0.717, 1.165) is 0 Å². The molecule has 3 N–H and O–H groups in total. The lowest BCUT2D eigenvalue weighted by molar-refractivity contribution is -0.136. The van der Waals surface area contributed by atoms with Crippen molar-refractivity contribution in [1.29, 1.82) is 0 Å². The molecule has 0 unspecified atom stereocenters. The normalized spacial score (nSPS) is 10.6. The van der Waals surface area contributed by atoms with Gasteiger partial charge in [-0.1, -0.05) is 19.9 Å². The van der Waals surface area contributed by atoms with E-state index in [1.165, 1.54) is 6.26 Å². The van der Waals surface area contributed by atoms with Gasteiger partial charge < -0.3 is 20.2 Å². The summed E-state index contributed by atoms with van der Waals surface area (Å²) in [7, 11) is 0. The Balaban J connectivity index is 2.17. The second-order valence-electron chi connectivity index (χ2n) is 5.97. The van der Waals surface area contributed by atoms with Gasteiger partial charge in [0.2, 0.25) is 5.91 Å². The number of amides is 2. The maximum absolute atomic E-state index is 12.5. The Kier molecular flexibility index (Phi) is 5.59.